The molecule has 2 unspecified atom stereocenters. The smallest absolute Gasteiger partial charge is 0.339 e. The molecule has 0 amide bonds. The van der Waals surface area contributed by atoms with Gasteiger partial charge in [-0.15, -0.1) is 22.7 Å². The van der Waals surface area contributed by atoms with Gasteiger partial charge in [-0.25, -0.2) is 9.59 Å². The van der Waals surface area contributed by atoms with E-state index < -0.39 is 0 Å². The summed E-state index contributed by atoms with van der Waals surface area (Å²) in [6, 6.07) is 23.2. The number of carbonyl (C=O) groups is 2. The average Bonchev–Trinajstić information content (AvgIpc) is 3.54. The molecule has 0 saturated carbocycles. The molecule has 2 aliphatic heterocycles. The van der Waals surface area contributed by atoms with Gasteiger partial charge < -0.3 is 9.47 Å². The number of hydrogen-bond donors (Lipinski definition) is 0. The van der Waals surface area contributed by atoms with E-state index in [2.05, 4.69) is 12.1 Å². The van der Waals surface area contributed by atoms with Crippen molar-refractivity contribution < 1.29 is 19.1 Å². The third kappa shape index (κ3) is 2.65. The Morgan fingerprint density at radius 2 is 1.00 bits per heavy atom. The van der Waals surface area contributed by atoms with Crippen LogP contribution in [0.2, 0.25) is 0 Å². The Kier molecular flexibility index (Phi) is 3.91. The monoisotopic (exact) mass is 430 g/mol. The topological polar surface area (TPSA) is 52.6 Å². The fraction of sp³-hybridized carbons (Fsp3) is 0.0833. The van der Waals surface area contributed by atoms with E-state index in [-0.39, 0.29) is 24.1 Å². The predicted octanol–water partition coefficient (Wildman–Crippen LogP) is 6.00. The lowest BCUT2D eigenvalue weighted by atomic mass is 10.0. The molecular weight excluding hydrogens is 416 g/mol. The van der Waals surface area contributed by atoms with Gasteiger partial charge in [0.15, 0.2) is 12.2 Å². The number of rotatable bonds is 3. The summed E-state index contributed by atoms with van der Waals surface area (Å²) in [4.78, 5) is 28.5. The summed E-state index contributed by atoms with van der Waals surface area (Å²) >= 11 is 3.23. The molecule has 6 rings (SSSR count). The van der Waals surface area contributed by atoms with Crippen LogP contribution in [0.1, 0.15) is 53.8 Å². The number of cyclic esters (lactones) is 2. The average molecular weight is 431 g/mol. The van der Waals surface area contributed by atoms with Gasteiger partial charge >= 0.3 is 11.9 Å². The summed E-state index contributed by atoms with van der Waals surface area (Å²) in [5.74, 6) is -0.545. The molecular formula is C24H14O4S2. The molecule has 4 aromatic rings. The first-order valence-electron chi connectivity index (χ1n) is 9.49. The minimum absolute atomic E-state index is 0.273. The number of benzene rings is 2. The highest BCUT2D eigenvalue weighted by molar-refractivity contribution is 7.22. The fourth-order valence-electron chi connectivity index (χ4n) is 3.97. The lowest BCUT2D eigenvalue weighted by Crippen LogP contribution is -1.98. The number of thiophene rings is 2. The Morgan fingerprint density at radius 3 is 1.47 bits per heavy atom. The second-order valence-corrected chi connectivity index (χ2v) is 9.38. The quantitative estimate of drug-likeness (QED) is 0.374. The number of carbonyl (C=O) groups excluding carboxylic acids is 2. The van der Waals surface area contributed by atoms with E-state index in [4.69, 9.17) is 9.47 Å². The molecule has 0 aliphatic carbocycles. The van der Waals surface area contributed by atoms with Crippen molar-refractivity contribution in [2.45, 2.75) is 12.2 Å². The van der Waals surface area contributed by atoms with Crippen LogP contribution in [0.3, 0.4) is 0 Å². The van der Waals surface area contributed by atoms with Gasteiger partial charge in [0, 0.05) is 20.9 Å². The Bertz CT molecular complexity index is 1210. The van der Waals surface area contributed by atoms with E-state index >= 15 is 0 Å². The van der Waals surface area contributed by atoms with Crippen molar-refractivity contribution in [1.29, 1.82) is 0 Å². The van der Waals surface area contributed by atoms with E-state index in [0.717, 1.165) is 30.6 Å². The minimum atomic E-state index is -0.352. The Hall–Kier alpha value is -3.22. The van der Waals surface area contributed by atoms with Gasteiger partial charge in [0.1, 0.15) is 0 Å². The van der Waals surface area contributed by atoms with Crippen molar-refractivity contribution in [3.8, 4) is 9.75 Å². The van der Waals surface area contributed by atoms with Gasteiger partial charge in [0.05, 0.1) is 20.9 Å². The van der Waals surface area contributed by atoms with Crippen molar-refractivity contribution in [3.05, 3.63) is 105 Å². The van der Waals surface area contributed by atoms with Crippen LogP contribution in [0.15, 0.2) is 72.8 Å². The van der Waals surface area contributed by atoms with Gasteiger partial charge in [-0.3, -0.25) is 0 Å². The largest absolute Gasteiger partial charge is 0.448 e. The molecule has 0 N–H and O–H groups in total. The maximum atomic E-state index is 12.1. The molecule has 0 radical (unpaired) electrons. The number of fused-ring (bicyclic) bond motifs is 2. The zero-order valence-corrected chi connectivity index (χ0v) is 17.2. The van der Waals surface area contributed by atoms with E-state index in [0.29, 0.717) is 11.1 Å². The molecule has 146 valence electrons. The maximum absolute atomic E-state index is 12.1. The highest BCUT2D eigenvalue weighted by Gasteiger charge is 2.34. The summed E-state index contributed by atoms with van der Waals surface area (Å²) in [5, 5.41) is 0. The third-order valence-corrected chi connectivity index (χ3v) is 7.84. The van der Waals surface area contributed by atoms with Crippen molar-refractivity contribution >= 4 is 34.6 Å². The first-order chi connectivity index (χ1) is 14.7. The van der Waals surface area contributed by atoms with Gasteiger partial charge in [-0.1, -0.05) is 36.4 Å². The maximum Gasteiger partial charge on any atom is 0.339 e. The lowest BCUT2D eigenvalue weighted by Gasteiger charge is -2.08. The zero-order chi connectivity index (χ0) is 20.2. The number of esters is 2. The first-order valence-corrected chi connectivity index (χ1v) is 11.1. The van der Waals surface area contributed by atoms with E-state index in [9.17, 15) is 9.59 Å². The molecule has 4 nitrogen and oxygen atoms in total. The molecule has 2 aliphatic rings. The van der Waals surface area contributed by atoms with Crippen LogP contribution in [0.25, 0.3) is 9.75 Å². The Labute approximate surface area is 180 Å². The Morgan fingerprint density at radius 1 is 0.567 bits per heavy atom. The molecule has 2 aromatic heterocycles. The third-order valence-electron chi connectivity index (χ3n) is 5.39. The second-order valence-electron chi connectivity index (χ2n) is 7.15. The van der Waals surface area contributed by atoms with Gasteiger partial charge in [0.25, 0.3) is 0 Å². The first kappa shape index (κ1) is 17.6. The van der Waals surface area contributed by atoms with Crippen LogP contribution in [0.5, 0.6) is 0 Å². The number of ether oxygens (including phenoxy) is 2. The van der Waals surface area contributed by atoms with Crippen LogP contribution in [0, 0.1) is 0 Å². The van der Waals surface area contributed by atoms with Crippen LogP contribution < -0.4 is 0 Å². The van der Waals surface area contributed by atoms with Crippen molar-refractivity contribution in [1.82, 2.24) is 0 Å². The van der Waals surface area contributed by atoms with Gasteiger partial charge in [-0.05, 0) is 36.4 Å². The molecule has 4 heterocycles. The summed E-state index contributed by atoms with van der Waals surface area (Å²) in [6.45, 7) is 0. The number of hydrogen-bond acceptors (Lipinski definition) is 6. The van der Waals surface area contributed by atoms with Gasteiger partial charge in [0.2, 0.25) is 0 Å². The zero-order valence-electron chi connectivity index (χ0n) is 15.5. The minimum Gasteiger partial charge on any atom is -0.448 e. The van der Waals surface area contributed by atoms with E-state index in [1.54, 1.807) is 34.8 Å². The van der Waals surface area contributed by atoms with E-state index in [1.807, 2.05) is 48.5 Å². The van der Waals surface area contributed by atoms with Crippen LogP contribution >= 0.6 is 22.7 Å². The van der Waals surface area contributed by atoms with Crippen LogP contribution in [0.4, 0.5) is 0 Å². The second kappa shape index (κ2) is 6.65. The fourth-order valence-corrected chi connectivity index (χ4v) is 6.17. The summed E-state index contributed by atoms with van der Waals surface area (Å²) in [5.41, 5.74) is 3.10. The molecule has 30 heavy (non-hydrogen) atoms. The highest BCUT2D eigenvalue weighted by Crippen LogP contribution is 2.45. The van der Waals surface area contributed by atoms with Crippen LogP contribution in [-0.2, 0) is 9.47 Å². The highest BCUT2D eigenvalue weighted by atomic mass is 32.1. The molecule has 2 atom stereocenters. The summed E-state index contributed by atoms with van der Waals surface area (Å²) in [7, 11) is 0. The summed E-state index contributed by atoms with van der Waals surface area (Å²) < 4.78 is 11.2. The molecule has 0 spiro atoms. The van der Waals surface area contributed by atoms with Crippen LogP contribution in [-0.4, -0.2) is 11.9 Å². The SMILES string of the molecule is O=C1OC(c2ccc(-c3ccc(C4OC(=O)c5ccccc54)s3)s2)c2ccccc21. The van der Waals surface area contributed by atoms with Crippen molar-refractivity contribution in [3.63, 3.8) is 0 Å². The Balaban J connectivity index is 1.31. The lowest BCUT2D eigenvalue weighted by molar-refractivity contribution is 0.0451. The molecule has 6 heteroatoms. The molecule has 0 bridgehead atoms. The molecule has 2 aromatic carbocycles. The molecule has 0 saturated heterocycles. The predicted molar refractivity (Wildman–Crippen MR) is 115 cm³/mol. The van der Waals surface area contributed by atoms with Crippen molar-refractivity contribution in [2.75, 3.05) is 0 Å². The normalized spacial score (nSPS) is 19.3. The van der Waals surface area contributed by atoms with Crippen molar-refractivity contribution in [2.24, 2.45) is 0 Å². The molecule has 0 fully saturated rings. The summed E-state index contributed by atoms with van der Waals surface area (Å²) in [6.07, 6.45) is -0.705. The van der Waals surface area contributed by atoms with E-state index in [1.165, 1.54) is 0 Å². The standard InChI is InChI=1S/C24H14O4S2/c25-23-15-7-3-1-5-13(15)21(27-23)19-11-9-17(29-19)18-10-12-20(30-18)22-14-6-2-4-8-16(14)24(26)28-22/h1-12,21-22H. The van der Waals surface area contributed by atoms with Gasteiger partial charge in [-0.2, -0.15) is 0 Å².